The molecule has 1 rings (SSSR count). The summed E-state index contributed by atoms with van der Waals surface area (Å²) in [6.45, 7) is 2.14. The van der Waals surface area contributed by atoms with Gasteiger partial charge < -0.3 is 4.74 Å². The fraction of sp³-hybridized carbons (Fsp3) is 0.407. The van der Waals surface area contributed by atoms with E-state index in [1.165, 1.54) is 12.5 Å². The summed E-state index contributed by atoms with van der Waals surface area (Å²) in [6, 6.07) is 9.44. The van der Waals surface area contributed by atoms with Gasteiger partial charge in [0.05, 0.1) is 0 Å². The summed E-state index contributed by atoms with van der Waals surface area (Å²) in [4.78, 5) is 23.3. The summed E-state index contributed by atoms with van der Waals surface area (Å²) < 4.78 is 4.81. The number of benzene rings is 1. The molecule has 0 bridgehead atoms. The highest BCUT2D eigenvalue weighted by molar-refractivity contribution is 5.94. The van der Waals surface area contributed by atoms with Crippen LogP contribution in [0.15, 0.2) is 72.9 Å². The van der Waals surface area contributed by atoms with Crippen LogP contribution in [0.4, 0.5) is 0 Å². The van der Waals surface area contributed by atoms with Crippen molar-refractivity contribution in [2.24, 2.45) is 0 Å². The van der Waals surface area contributed by atoms with Crippen LogP contribution in [-0.4, -0.2) is 11.9 Å². The maximum absolute atomic E-state index is 11.7. The van der Waals surface area contributed by atoms with Gasteiger partial charge in [0.15, 0.2) is 0 Å². The van der Waals surface area contributed by atoms with E-state index in [0.717, 1.165) is 56.9 Å². The summed E-state index contributed by atoms with van der Waals surface area (Å²) in [5.74, 6) is -1.05. The summed E-state index contributed by atoms with van der Waals surface area (Å²) >= 11 is 0. The fourth-order valence-electron chi connectivity index (χ4n) is 2.81. The van der Waals surface area contributed by atoms with Crippen LogP contribution < -0.4 is 0 Å². The normalized spacial score (nSPS) is 11.9. The lowest BCUT2D eigenvalue weighted by atomic mass is 10.1. The monoisotopic (exact) mass is 408 g/mol. The van der Waals surface area contributed by atoms with E-state index in [9.17, 15) is 9.59 Å². The first-order valence-electron chi connectivity index (χ1n) is 11.1. The summed E-state index contributed by atoms with van der Waals surface area (Å²) in [6.07, 6.45) is 25.9. The van der Waals surface area contributed by atoms with Gasteiger partial charge in [-0.3, -0.25) is 4.79 Å². The van der Waals surface area contributed by atoms with Crippen LogP contribution in [0, 0.1) is 0 Å². The second-order valence-electron chi connectivity index (χ2n) is 7.14. The van der Waals surface area contributed by atoms with E-state index < -0.39 is 11.9 Å². The van der Waals surface area contributed by atoms with E-state index in [1.807, 2.05) is 30.3 Å². The molecule has 0 spiro atoms. The Kier molecular flexibility index (Phi) is 15.5. The fourth-order valence-corrected chi connectivity index (χ4v) is 2.81. The Hall–Kier alpha value is -2.68. The van der Waals surface area contributed by atoms with Crippen LogP contribution in [0.1, 0.15) is 76.7 Å². The lowest BCUT2D eigenvalue weighted by molar-refractivity contribution is -0.156. The molecule has 30 heavy (non-hydrogen) atoms. The van der Waals surface area contributed by atoms with Crippen LogP contribution in [0.25, 0.3) is 6.08 Å². The Morgan fingerprint density at radius 2 is 1.43 bits per heavy atom. The molecular formula is C27H36O3. The quantitative estimate of drug-likeness (QED) is 0.100. The minimum atomic E-state index is -0.608. The smallest absolute Gasteiger partial charge is 0.338 e. The van der Waals surface area contributed by atoms with E-state index in [2.05, 4.69) is 43.4 Å². The number of hydrogen-bond acceptors (Lipinski definition) is 3. The van der Waals surface area contributed by atoms with Crippen LogP contribution in [0.3, 0.4) is 0 Å². The standard InChI is InChI=1S/C27H36O3/c1-2-3-4-5-6-7-8-9-10-11-12-13-14-15-19-22-26(28)30-27(29)24-23-25-20-17-16-18-21-25/h3-4,6-7,9-10,16-18,20-21,23-24H,2,5,8,11-15,19,22H2,1H3/b4-3-,7-6-,10-9-,24-23+. The molecule has 0 unspecified atom stereocenters. The third kappa shape index (κ3) is 15.3. The zero-order valence-corrected chi connectivity index (χ0v) is 18.3. The first-order valence-corrected chi connectivity index (χ1v) is 11.1. The van der Waals surface area contributed by atoms with Crippen molar-refractivity contribution in [3.05, 3.63) is 78.4 Å². The average molecular weight is 409 g/mol. The maximum atomic E-state index is 11.7. The highest BCUT2D eigenvalue weighted by atomic mass is 16.6. The number of esters is 2. The molecule has 0 saturated carbocycles. The van der Waals surface area contributed by atoms with E-state index in [0.29, 0.717) is 6.42 Å². The molecule has 0 radical (unpaired) electrons. The van der Waals surface area contributed by atoms with Gasteiger partial charge in [0.25, 0.3) is 0 Å². The van der Waals surface area contributed by atoms with Gasteiger partial charge in [0.2, 0.25) is 0 Å². The molecule has 0 aromatic heterocycles. The van der Waals surface area contributed by atoms with Crippen LogP contribution >= 0.6 is 0 Å². The Morgan fingerprint density at radius 3 is 2.17 bits per heavy atom. The van der Waals surface area contributed by atoms with Crippen molar-refractivity contribution in [2.45, 2.75) is 71.1 Å². The summed E-state index contributed by atoms with van der Waals surface area (Å²) in [5, 5.41) is 0. The van der Waals surface area contributed by atoms with Gasteiger partial charge in [-0.25, -0.2) is 4.79 Å². The Balaban J connectivity index is 1.96. The average Bonchev–Trinajstić information content (AvgIpc) is 2.75. The number of ether oxygens (including phenoxy) is 1. The van der Waals surface area contributed by atoms with Gasteiger partial charge in [-0.2, -0.15) is 0 Å². The second-order valence-corrected chi connectivity index (χ2v) is 7.14. The SMILES string of the molecule is CC/C=C\C/C=C\C/C=C\CCCCCCCC(=O)OC(=O)/C=C/c1ccccc1. The Bertz CT molecular complexity index is 696. The molecular weight excluding hydrogens is 372 g/mol. The highest BCUT2D eigenvalue weighted by Gasteiger charge is 2.07. The lowest BCUT2D eigenvalue weighted by Gasteiger charge is -2.01. The predicted molar refractivity (Wildman–Crippen MR) is 126 cm³/mol. The minimum Gasteiger partial charge on any atom is -0.390 e. The Labute approximate surface area is 182 Å². The zero-order chi connectivity index (χ0) is 21.7. The first kappa shape index (κ1) is 25.4. The predicted octanol–water partition coefficient (Wildman–Crippen LogP) is 7.36. The molecule has 3 heteroatoms. The molecule has 0 heterocycles. The molecule has 3 nitrogen and oxygen atoms in total. The number of rotatable bonds is 15. The van der Waals surface area contributed by atoms with Gasteiger partial charge in [0, 0.05) is 12.5 Å². The molecule has 0 atom stereocenters. The van der Waals surface area contributed by atoms with Crippen LogP contribution in [-0.2, 0) is 14.3 Å². The lowest BCUT2D eigenvalue weighted by Crippen LogP contribution is -2.09. The largest absolute Gasteiger partial charge is 0.390 e. The zero-order valence-electron chi connectivity index (χ0n) is 18.3. The number of carbonyl (C=O) groups excluding carboxylic acids is 2. The van der Waals surface area contributed by atoms with E-state index in [1.54, 1.807) is 6.08 Å². The van der Waals surface area contributed by atoms with E-state index in [4.69, 9.17) is 4.74 Å². The van der Waals surface area contributed by atoms with Crippen LogP contribution in [0.5, 0.6) is 0 Å². The minimum absolute atomic E-state index is 0.296. The van der Waals surface area contributed by atoms with E-state index in [-0.39, 0.29) is 0 Å². The maximum Gasteiger partial charge on any atom is 0.338 e. The third-order valence-corrected chi connectivity index (χ3v) is 4.46. The third-order valence-electron chi connectivity index (χ3n) is 4.46. The Morgan fingerprint density at radius 1 is 0.800 bits per heavy atom. The summed E-state index contributed by atoms with van der Waals surface area (Å²) in [5.41, 5.74) is 0.896. The van der Waals surface area contributed by atoms with Crippen molar-refractivity contribution in [3.8, 4) is 0 Å². The molecule has 162 valence electrons. The topological polar surface area (TPSA) is 43.4 Å². The first-order chi connectivity index (χ1) is 14.7. The van der Waals surface area contributed by atoms with Gasteiger partial charge in [0.1, 0.15) is 0 Å². The number of carbonyl (C=O) groups is 2. The highest BCUT2D eigenvalue weighted by Crippen LogP contribution is 2.09. The van der Waals surface area contributed by atoms with Gasteiger partial charge in [-0.15, -0.1) is 0 Å². The number of hydrogen-bond donors (Lipinski definition) is 0. The molecule has 0 aliphatic rings. The van der Waals surface area contributed by atoms with Crippen molar-refractivity contribution in [2.75, 3.05) is 0 Å². The molecule has 0 aliphatic heterocycles. The molecule has 0 aliphatic carbocycles. The van der Waals surface area contributed by atoms with Gasteiger partial charge >= 0.3 is 11.9 Å². The molecule has 0 fully saturated rings. The second kappa shape index (κ2) is 18.4. The molecule has 1 aromatic carbocycles. The number of unbranched alkanes of at least 4 members (excludes halogenated alkanes) is 5. The van der Waals surface area contributed by atoms with Crippen molar-refractivity contribution in [1.29, 1.82) is 0 Å². The summed E-state index contributed by atoms with van der Waals surface area (Å²) in [7, 11) is 0. The molecule has 1 aromatic rings. The van der Waals surface area contributed by atoms with Crippen molar-refractivity contribution in [3.63, 3.8) is 0 Å². The van der Waals surface area contributed by atoms with E-state index >= 15 is 0 Å². The van der Waals surface area contributed by atoms with Gasteiger partial charge in [-0.1, -0.05) is 93.0 Å². The van der Waals surface area contributed by atoms with Gasteiger partial charge in [-0.05, 0) is 50.2 Å². The number of allylic oxidation sites excluding steroid dienone is 6. The molecule has 0 amide bonds. The van der Waals surface area contributed by atoms with Crippen molar-refractivity contribution < 1.29 is 14.3 Å². The van der Waals surface area contributed by atoms with Crippen molar-refractivity contribution in [1.82, 2.24) is 0 Å². The van der Waals surface area contributed by atoms with Crippen molar-refractivity contribution >= 4 is 18.0 Å². The molecule has 0 saturated heterocycles. The molecule has 0 N–H and O–H groups in total. The van der Waals surface area contributed by atoms with Crippen LogP contribution in [0.2, 0.25) is 0 Å².